The molecule has 2 N–H and O–H groups in total. The summed E-state index contributed by atoms with van der Waals surface area (Å²) in [4.78, 5) is 0. The molecule has 0 amide bonds. The normalized spacial score (nSPS) is 36.9. The molecule has 76 valence electrons. The lowest BCUT2D eigenvalue weighted by Crippen LogP contribution is -2.45. The maximum atomic E-state index is 5.77. The van der Waals surface area contributed by atoms with Crippen molar-refractivity contribution < 1.29 is 4.74 Å². The van der Waals surface area contributed by atoms with Gasteiger partial charge in [-0.25, -0.2) is 0 Å². The van der Waals surface area contributed by atoms with E-state index in [1.165, 1.54) is 25.8 Å². The fourth-order valence-corrected chi connectivity index (χ4v) is 2.25. The van der Waals surface area contributed by atoms with Crippen LogP contribution in [0.3, 0.4) is 0 Å². The number of hydrogen-bond acceptors (Lipinski definition) is 3. The van der Waals surface area contributed by atoms with Crippen LogP contribution in [0.2, 0.25) is 0 Å². The zero-order valence-electron chi connectivity index (χ0n) is 8.22. The molecule has 2 heterocycles. The average molecular weight is 184 g/mol. The summed E-state index contributed by atoms with van der Waals surface area (Å²) in [5.41, 5.74) is 0. The van der Waals surface area contributed by atoms with Crippen molar-refractivity contribution in [3.05, 3.63) is 0 Å². The van der Waals surface area contributed by atoms with Gasteiger partial charge in [0.15, 0.2) is 0 Å². The molecule has 0 aromatic carbocycles. The van der Waals surface area contributed by atoms with Crippen molar-refractivity contribution in [1.29, 1.82) is 0 Å². The van der Waals surface area contributed by atoms with Crippen LogP contribution in [0.25, 0.3) is 0 Å². The molecule has 2 atom stereocenters. The van der Waals surface area contributed by atoms with E-state index in [1.807, 2.05) is 0 Å². The van der Waals surface area contributed by atoms with Crippen LogP contribution >= 0.6 is 0 Å². The first-order chi connectivity index (χ1) is 6.47. The number of morpholine rings is 1. The van der Waals surface area contributed by atoms with Gasteiger partial charge in [-0.15, -0.1) is 0 Å². The quantitative estimate of drug-likeness (QED) is 0.617. The highest BCUT2D eigenvalue weighted by molar-refractivity contribution is 4.79. The molecule has 2 rings (SSSR count). The molecule has 13 heavy (non-hydrogen) atoms. The molecule has 2 saturated heterocycles. The van der Waals surface area contributed by atoms with Gasteiger partial charge in [-0.2, -0.15) is 0 Å². The van der Waals surface area contributed by atoms with Crippen LogP contribution in [0.1, 0.15) is 19.3 Å². The molecule has 0 saturated carbocycles. The predicted molar refractivity (Wildman–Crippen MR) is 52.8 cm³/mol. The lowest BCUT2D eigenvalue weighted by molar-refractivity contribution is -0.00990. The van der Waals surface area contributed by atoms with Crippen LogP contribution in [0, 0.1) is 5.92 Å². The van der Waals surface area contributed by atoms with Crippen LogP contribution in [-0.2, 0) is 4.74 Å². The third-order valence-corrected chi connectivity index (χ3v) is 3.07. The molecule has 2 aliphatic heterocycles. The summed E-state index contributed by atoms with van der Waals surface area (Å²) in [5, 5.41) is 6.89. The van der Waals surface area contributed by atoms with Crippen LogP contribution < -0.4 is 10.6 Å². The Morgan fingerprint density at radius 1 is 1.00 bits per heavy atom. The zero-order chi connectivity index (χ0) is 8.93. The van der Waals surface area contributed by atoms with Crippen molar-refractivity contribution in [2.75, 3.05) is 32.8 Å². The molecule has 2 aliphatic rings. The van der Waals surface area contributed by atoms with E-state index in [1.54, 1.807) is 0 Å². The first kappa shape index (κ1) is 9.44. The van der Waals surface area contributed by atoms with Gasteiger partial charge in [0.05, 0.1) is 12.7 Å². The highest BCUT2D eigenvalue weighted by atomic mass is 16.5. The van der Waals surface area contributed by atoms with E-state index in [0.29, 0.717) is 6.10 Å². The monoisotopic (exact) mass is 184 g/mol. The molecule has 0 bridgehead atoms. The van der Waals surface area contributed by atoms with E-state index >= 15 is 0 Å². The second kappa shape index (κ2) is 4.94. The average Bonchev–Trinajstić information content (AvgIpc) is 2.47. The molecule has 0 spiro atoms. The van der Waals surface area contributed by atoms with Crippen LogP contribution in [0.5, 0.6) is 0 Å². The molecule has 3 heteroatoms. The number of hydrogen-bond donors (Lipinski definition) is 2. The van der Waals surface area contributed by atoms with E-state index in [0.717, 1.165) is 32.2 Å². The van der Waals surface area contributed by atoms with Gasteiger partial charge < -0.3 is 15.4 Å². The van der Waals surface area contributed by atoms with Crippen molar-refractivity contribution in [2.45, 2.75) is 25.4 Å². The standard InChI is InChI=1S/C10H20N2O/c1-2-4-11-7-9(3-1)10-8-12-5-6-13-10/h9-12H,1-8H2. The Kier molecular flexibility index (Phi) is 3.58. The predicted octanol–water partition coefficient (Wildman–Crippen LogP) is 0.365. The van der Waals surface area contributed by atoms with Crippen molar-refractivity contribution in [1.82, 2.24) is 10.6 Å². The number of ether oxygens (including phenoxy) is 1. The van der Waals surface area contributed by atoms with Crippen LogP contribution in [0.15, 0.2) is 0 Å². The van der Waals surface area contributed by atoms with E-state index < -0.39 is 0 Å². The molecule has 0 aromatic rings. The lowest BCUT2D eigenvalue weighted by Gasteiger charge is -2.30. The second-order valence-electron chi connectivity index (χ2n) is 4.07. The maximum absolute atomic E-state index is 5.77. The minimum atomic E-state index is 0.458. The van der Waals surface area contributed by atoms with Gasteiger partial charge in [0.25, 0.3) is 0 Å². The molecule has 0 aromatic heterocycles. The lowest BCUT2D eigenvalue weighted by atomic mass is 9.96. The van der Waals surface area contributed by atoms with Crippen molar-refractivity contribution in [2.24, 2.45) is 5.92 Å². The summed E-state index contributed by atoms with van der Waals surface area (Å²) in [7, 11) is 0. The fourth-order valence-electron chi connectivity index (χ4n) is 2.25. The molecular formula is C10H20N2O. The van der Waals surface area contributed by atoms with Gasteiger partial charge in [0.1, 0.15) is 0 Å². The summed E-state index contributed by atoms with van der Waals surface area (Å²) < 4.78 is 5.77. The molecule has 2 unspecified atom stereocenters. The highest BCUT2D eigenvalue weighted by Gasteiger charge is 2.24. The molecule has 0 aliphatic carbocycles. The van der Waals surface area contributed by atoms with Gasteiger partial charge in [-0.05, 0) is 25.3 Å². The van der Waals surface area contributed by atoms with E-state index in [4.69, 9.17) is 4.74 Å². The summed E-state index contributed by atoms with van der Waals surface area (Å²) in [6.45, 7) is 5.30. The first-order valence-electron chi connectivity index (χ1n) is 5.50. The fraction of sp³-hybridized carbons (Fsp3) is 1.00. The smallest absolute Gasteiger partial charge is 0.0740 e. The van der Waals surface area contributed by atoms with Crippen LogP contribution in [-0.4, -0.2) is 38.9 Å². The summed E-state index contributed by atoms with van der Waals surface area (Å²) in [6, 6.07) is 0. The van der Waals surface area contributed by atoms with Crippen molar-refractivity contribution >= 4 is 0 Å². The molecule has 3 nitrogen and oxygen atoms in total. The van der Waals surface area contributed by atoms with E-state index in [2.05, 4.69) is 10.6 Å². The highest BCUT2D eigenvalue weighted by Crippen LogP contribution is 2.18. The number of rotatable bonds is 1. The largest absolute Gasteiger partial charge is 0.375 e. The third kappa shape index (κ3) is 2.66. The zero-order valence-corrected chi connectivity index (χ0v) is 8.22. The summed E-state index contributed by atoms with van der Waals surface area (Å²) in [6.07, 6.45) is 4.48. The van der Waals surface area contributed by atoms with Crippen molar-refractivity contribution in [3.8, 4) is 0 Å². The Balaban J connectivity index is 1.82. The van der Waals surface area contributed by atoms with Crippen LogP contribution in [0.4, 0.5) is 0 Å². The minimum absolute atomic E-state index is 0.458. The Morgan fingerprint density at radius 3 is 2.77 bits per heavy atom. The van der Waals surface area contributed by atoms with Gasteiger partial charge in [0, 0.05) is 19.6 Å². The van der Waals surface area contributed by atoms with Gasteiger partial charge in [0.2, 0.25) is 0 Å². The third-order valence-electron chi connectivity index (χ3n) is 3.07. The Hall–Kier alpha value is -0.120. The van der Waals surface area contributed by atoms with Gasteiger partial charge in [-0.3, -0.25) is 0 Å². The molecular weight excluding hydrogens is 164 g/mol. The Labute approximate surface area is 80.2 Å². The maximum Gasteiger partial charge on any atom is 0.0740 e. The Morgan fingerprint density at radius 2 is 1.92 bits per heavy atom. The Bertz CT molecular complexity index is 138. The second-order valence-corrected chi connectivity index (χ2v) is 4.07. The first-order valence-corrected chi connectivity index (χ1v) is 5.50. The van der Waals surface area contributed by atoms with E-state index in [9.17, 15) is 0 Å². The summed E-state index contributed by atoms with van der Waals surface area (Å²) >= 11 is 0. The van der Waals surface area contributed by atoms with Gasteiger partial charge in [-0.1, -0.05) is 6.42 Å². The van der Waals surface area contributed by atoms with E-state index in [-0.39, 0.29) is 0 Å². The molecule has 2 fully saturated rings. The van der Waals surface area contributed by atoms with Crippen molar-refractivity contribution in [3.63, 3.8) is 0 Å². The number of nitrogens with one attached hydrogen (secondary N) is 2. The minimum Gasteiger partial charge on any atom is -0.375 e. The topological polar surface area (TPSA) is 33.3 Å². The molecule has 0 radical (unpaired) electrons. The van der Waals surface area contributed by atoms with Gasteiger partial charge >= 0.3 is 0 Å². The SMILES string of the molecule is C1CCC(C2CNCCO2)CNC1. The summed E-state index contributed by atoms with van der Waals surface area (Å²) in [5.74, 6) is 0.732.